The third-order valence-electron chi connectivity index (χ3n) is 4.78. The molecule has 1 amide bonds. The molecule has 1 aliphatic heterocycles. The summed E-state index contributed by atoms with van der Waals surface area (Å²) in [5, 5.41) is 2.82. The summed E-state index contributed by atoms with van der Waals surface area (Å²) in [6.07, 6.45) is 0.950. The first-order chi connectivity index (χ1) is 12.9. The van der Waals surface area contributed by atoms with E-state index in [1.54, 1.807) is 24.3 Å². The molecule has 0 atom stereocenters. The molecule has 2 aromatic carbocycles. The first-order valence-corrected chi connectivity index (χ1v) is 8.58. The topological polar surface area (TPSA) is 93.0 Å². The maximum atomic E-state index is 13.3. The van der Waals surface area contributed by atoms with E-state index in [9.17, 15) is 13.6 Å². The van der Waals surface area contributed by atoms with Crippen LogP contribution in [0.2, 0.25) is 0 Å². The van der Waals surface area contributed by atoms with Crippen molar-refractivity contribution in [2.75, 3.05) is 18.5 Å². The van der Waals surface area contributed by atoms with Crippen LogP contribution in [0.3, 0.4) is 0 Å². The summed E-state index contributed by atoms with van der Waals surface area (Å²) < 4.78 is 31.9. The quantitative estimate of drug-likeness (QED) is 0.659. The van der Waals surface area contributed by atoms with E-state index in [0.717, 1.165) is 17.7 Å². The Bertz CT molecular complexity index is 956. The van der Waals surface area contributed by atoms with E-state index in [1.165, 1.54) is 0 Å². The zero-order chi connectivity index (χ0) is 19.0. The molecule has 27 heavy (non-hydrogen) atoms. The average Bonchev–Trinajstić information content (AvgIpc) is 3.06. The molecule has 0 aliphatic carbocycles. The van der Waals surface area contributed by atoms with Gasteiger partial charge in [-0.25, -0.2) is 13.8 Å². The first-order valence-electron chi connectivity index (χ1n) is 8.58. The number of H-pyrrole nitrogens is 1. The summed E-state index contributed by atoms with van der Waals surface area (Å²) in [5.41, 5.74) is 7.32. The van der Waals surface area contributed by atoms with Gasteiger partial charge in [0.05, 0.1) is 11.0 Å². The van der Waals surface area contributed by atoms with E-state index in [0.29, 0.717) is 48.6 Å². The van der Waals surface area contributed by atoms with E-state index in [1.807, 2.05) is 0 Å². The summed E-state index contributed by atoms with van der Waals surface area (Å²) in [7, 11) is 0. The second kappa shape index (κ2) is 6.71. The van der Waals surface area contributed by atoms with Crippen molar-refractivity contribution in [1.29, 1.82) is 0 Å². The molecule has 0 spiro atoms. The summed E-state index contributed by atoms with van der Waals surface area (Å²) >= 11 is 0. The van der Waals surface area contributed by atoms with E-state index in [4.69, 9.17) is 10.5 Å². The van der Waals surface area contributed by atoms with Crippen molar-refractivity contribution in [3.63, 3.8) is 0 Å². The van der Waals surface area contributed by atoms with Gasteiger partial charge in [-0.1, -0.05) is 0 Å². The maximum Gasteiger partial charge on any atom is 0.244 e. The fourth-order valence-corrected chi connectivity index (χ4v) is 3.07. The third kappa shape index (κ3) is 3.41. The number of fused-ring (bicyclic) bond motifs is 1. The van der Waals surface area contributed by atoms with Gasteiger partial charge in [-0.15, -0.1) is 0 Å². The van der Waals surface area contributed by atoms with E-state index in [-0.39, 0.29) is 5.91 Å². The molecule has 8 heteroatoms. The molecule has 4 rings (SSSR count). The minimum Gasteiger partial charge on any atom is -0.381 e. The summed E-state index contributed by atoms with van der Waals surface area (Å²) in [6.45, 7) is 0.937. The van der Waals surface area contributed by atoms with Gasteiger partial charge in [-0.05, 0) is 37.1 Å². The Morgan fingerprint density at radius 2 is 1.81 bits per heavy atom. The standard InChI is InChI=1S/C19H18F2N4O2/c20-13-9-15-16(10-14(13)21)25-17(24-15)11-1-3-12(4-2-11)23-18(26)19(22)5-7-27-8-6-19/h1-4,9-10H,5-8,22H2,(H,23,26)(H,24,25). The van der Waals surface area contributed by atoms with E-state index in [2.05, 4.69) is 15.3 Å². The van der Waals surface area contributed by atoms with Crippen LogP contribution < -0.4 is 11.1 Å². The van der Waals surface area contributed by atoms with Crippen molar-refractivity contribution in [2.45, 2.75) is 18.4 Å². The van der Waals surface area contributed by atoms with Crippen LogP contribution in [0.1, 0.15) is 12.8 Å². The second-order valence-electron chi connectivity index (χ2n) is 6.67. The molecule has 0 unspecified atom stereocenters. The highest BCUT2D eigenvalue weighted by Gasteiger charge is 2.35. The molecule has 1 aromatic heterocycles. The number of benzene rings is 2. The molecule has 0 saturated carbocycles. The molecule has 3 aromatic rings. The first kappa shape index (κ1) is 17.6. The number of nitrogens with zero attached hydrogens (tertiary/aromatic N) is 1. The number of ether oxygens (including phenoxy) is 1. The molecule has 1 fully saturated rings. The van der Waals surface area contributed by atoms with Crippen LogP contribution in [0.25, 0.3) is 22.4 Å². The van der Waals surface area contributed by atoms with Crippen LogP contribution in [0, 0.1) is 11.6 Å². The number of anilines is 1. The van der Waals surface area contributed by atoms with Gasteiger partial charge in [0.25, 0.3) is 0 Å². The number of hydrogen-bond donors (Lipinski definition) is 3. The van der Waals surface area contributed by atoms with E-state index >= 15 is 0 Å². The Labute approximate surface area is 153 Å². The molecule has 4 N–H and O–H groups in total. The van der Waals surface area contributed by atoms with Gasteiger partial charge in [-0.2, -0.15) is 0 Å². The lowest BCUT2D eigenvalue weighted by Crippen LogP contribution is -2.54. The van der Waals surface area contributed by atoms with Gasteiger partial charge in [-0.3, -0.25) is 4.79 Å². The minimum atomic E-state index is -0.942. The van der Waals surface area contributed by atoms with Crippen molar-refractivity contribution in [2.24, 2.45) is 5.73 Å². The highest BCUT2D eigenvalue weighted by atomic mass is 19.2. The van der Waals surface area contributed by atoms with Gasteiger partial charge in [0.1, 0.15) is 11.4 Å². The van der Waals surface area contributed by atoms with Gasteiger partial charge in [0.2, 0.25) is 5.91 Å². The Morgan fingerprint density at radius 3 is 2.52 bits per heavy atom. The van der Waals surface area contributed by atoms with Crippen molar-refractivity contribution in [3.05, 3.63) is 48.0 Å². The number of rotatable bonds is 3. The predicted molar refractivity (Wildman–Crippen MR) is 97.0 cm³/mol. The van der Waals surface area contributed by atoms with Gasteiger partial charge >= 0.3 is 0 Å². The lowest BCUT2D eigenvalue weighted by Gasteiger charge is -2.31. The number of carbonyl (C=O) groups is 1. The molecule has 2 heterocycles. The fraction of sp³-hybridized carbons (Fsp3) is 0.263. The third-order valence-corrected chi connectivity index (χ3v) is 4.78. The fourth-order valence-electron chi connectivity index (χ4n) is 3.07. The number of halogens is 2. The Morgan fingerprint density at radius 1 is 1.15 bits per heavy atom. The molecule has 140 valence electrons. The normalized spacial score (nSPS) is 16.4. The lowest BCUT2D eigenvalue weighted by molar-refractivity contribution is -0.124. The minimum absolute atomic E-state index is 0.242. The van der Waals surface area contributed by atoms with Gasteiger partial charge in [0, 0.05) is 36.6 Å². The number of imidazole rings is 1. The number of carbonyl (C=O) groups excluding carboxylic acids is 1. The Hall–Kier alpha value is -2.84. The van der Waals surface area contributed by atoms with Crippen molar-refractivity contribution < 1.29 is 18.3 Å². The van der Waals surface area contributed by atoms with Crippen LogP contribution in [-0.4, -0.2) is 34.6 Å². The molecule has 1 aliphatic rings. The van der Waals surface area contributed by atoms with Crippen LogP contribution in [0.4, 0.5) is 14.5 Å². The highest BCUT2D eigenvalue weighted by molar-refractivity contribution is 5.98. The zero-order valence-electron chi connectivity index (χ0n) is 14.4. The predicted octanol–water partition coefficient (Wildman–Crippen LogP) is 2.95. The molecular weight excluding hydrogens is 354 g/mol. The van der Waals surface area contributed by atoms with Crippen molar-refractivity contribution in [3.8, 4) is 11.4 Å². The highest BCUT2D eigenvalue weighted by Crippen LogP contribution is 2.25. The number of nitrogens with one attached hydrogen (secondary N) is 2. The number of amides is 1. The molecular formula is C19H18F2N4O2. The maximum absolute atomic E-state index is 13.3. The summed E-state index contributed by atoms with van der Waals surface area (Å²) in [5.74, 6) is -1.64. The number of hydrogen-bond acceptors (Lipinski definition) is 4. The lowest BCUT2D eigenvalue weighted by atomic mass is 9.90. The van der Waals surface area contributed by atoms with Gasteiger partial charge < -0.3 is 20.8 Å². The van der Waals surface area contributed by atoms with Crippen molar-refractivity contribution in [1.82, 2.24) is 9.97 Å². The number of nitrogens with two attached hydrogens (primary N) is 1. The van der Waals surface area contributed by atoms with Crippen LogP contribution in [-0.2, 0) is 9.53 Å². The van der Waals surface area contributed by atoms with Crippen LogP contribution in [0.15, 0.2) is 36.4 Å². The van der Waals surface area contributed by atoms with Crippen LogP contribution in [0.5, 0.6) is 0 Å². The molecule has 6 nitrogen and oxygen atoms in total. The summed E-state index contributed by atoms with van der Waals surface area (Å²) in [4.78, 5) is 19.7. The smallest absolute Gasteiger partial charge is 0.244 e. The summed E-state index contributed by atoms with van der Waals surface area (Å²) in [6, 6.07) is 9.09. The molecule has 1 saturated heterocycles. The number of aromatic amines is 1. The monoisotopic (exact) mass is 372 g/mol. The van der Waals surface area contributed by atoms with Gasteiger partial charge in [0.15, 0.2) is 11.6 Å². The van der Waals surface area contributed by atoms with E-state index < -0.39 is 17.2 Å². The molecule has 0 bridgehead atoms. The second-order valence-corrected chi connectivity index (χ2v) is 6.67. The average molecular weight is 372 g/mol. The zero-order valence-corrected chi connectivity index (χ0v) is 14.4. The SMILES string of the molecule is NC1(C(=O)Nc2ccc(-c3nc4cc(F)c(F)cc4[nH]3)cc2)CCOCC1. The van der Waals surface area contributed by atoms with Crippen molar-refractivity contribution >= 4 is 22.6 Å². The largest absolute Gasteiger partial charge is 0.381 e. The molecule has 0 radical (unpaired) electrons. The Kier molecular flexibility index (Phi) is 4.37. The Balaban J connectivity index is 1.53. The van der Waals surface area contributed by atoms with Crippen LogP contribution >= 0.6 is 0 Å². The number of aromatic nitrogens is 2.